The molecule has 0 bridgehead atoms. The number of amides is 2. The van der Waals surface area contributed by atoms with Gasteiger partial charge in [-0.25, -0.2) is 4.79 Å². The molecule has 0 radical (unpaired) electrons. The standard InChI is InChI=1S/C23H32N2O5/c1-2-29-23(28)30-20-10-8-18(9-11-20)21(26)24-16-17-12-14-25(15-13-17)22(27)19-6-4-3-5-7-19/h8-11,17,19H,2-7,12-16H2,1H3,(H,24,26). The second kappa shape index (κ2) is 11.0. The van der Waals surface area contributed by atoms with Crippen molar-refractivity contribution in [3.63, 3.8) is 0 Å². The van der Waals surface area contributed by atoms with Gasteiger partial charge >= 0.3 is 6.16 Å². The molecule has 1 heterocycles. The Kier molecular flexibility index (Phi) is 8.11. The molecule has 1 saturated carbocycles. The normalized spacial score (nSPS) is 18.0. The highest BCUT2D eigenvalue weighted by Gasteiger charge is 2.29. The van der Waals surface area contributed by atoms with E-state index in [1.807, 2.05) is 4.90 Å². The number of nitrogens with one attached hydrogen (secondary N) is 1. The first kappa shape index (κ1) is 22.1. The van der Waals surface area contributed by atoms with E-state index in [-0.39, 0.29) is 18.4 Å². The van der Waals surface area contributed by atoms with Gasteiger partial charge < -0.3 is 19.7 Å². The monoisotopic (exact) mass is 416 g/mol. The van der Waals surface area contributed by atoms with Crippen LogP contribution in [0.25, 0.3) is 0 Å². The summed E-state index contributed by atoms with van der Waals surface area (Å²) in [4.78, 5) is 38.4. The van der Waals surface area contributed by atoms with Crippen molar-refractivity contribution in [1.29, 1.82) is 0 Å². The molecule has 7 nitrogen and oxygen atoms in total. The molecule has 0 spiro atoms. The zero-order chi connectivity index (χ0) is 21.3. The third-order valence-corrected chi connectivity index (χ3v) is 6.01. The van der Waals surface area contributed by atoms with E-state index >= 15 is 0 Å². The number of ether oxygens (including phenoxy) is 2. The van der Waals surface area contributed by atoms with Gasteiger partial charge in [-0.2, -0.15) is 0 Å². The van der Waals surface area contributed by atoms with Crippen molar-refractivity contribution in [3.8, 4) is 5.75 Å². The number of rotatable bonds is 6. The maximum absolute atomic E-state index is 12.7. The fourth-order valence-corrected chi connectivity index (χ4v) is 4.22. The van der Waals surface area contributed by atoms with Gasteiger partial charge in [0, 0.05) is 31.1 Å². The SMILES string of the molecule is CCOC(=O)Oc1ccc(C(=O)NCC2CCN(C(=O)C3CCCCC3)CC2)cc1. The van der Waals surface area contributed by atoms with E-state index in [1.54, 1.807) is 31.2 Å². The van der Waals surface area contributed by atoms with Crippen molar-refractivity contribution in [2.45, 2.75) is 51.9 Å². The minimum atomic E-state index is -0.761. The third kappa shape index (κ3) is 6.21. The summed E-state index contributed by atoms with van der Waals surface area (Å²) in [5, 5.41) is 2.98. The summed E-state index contributed by atoms with van der Waals surface area (Å²) in [5.41, 5.74) is 0.510. The number of likely N-dealkylation sites (tertiary alicyclic amines) is 1. The van der Waals surface area contributed by atoms with Crippen LogP contribution in [0.3, 0.4) is 0 Å². The van der Waals surface area contributed by atoms with E-state index in [9.17, 15) is 14.4 Å². The smallest absolute Gasteiger partial charge is 0.434 e. The predicted octanol–water partition coefficient (Wildman–Crippen LogP) is 3.77. The molecule has 3 rings (SSSR count). The Morgan fingerprint density at radius 1 is 1.00 bits per heavy atom. The van der Waals surface area contributed by atoms with Crippen LogP contribution in [0.2, 0.25) is 0 Å². The van der Waals surface area contributed by atoms with Crippen LogP contribution in [0.1, 0.15) is 62.2 Å². The Balaban J connectivity index is 1.39. The molecule has 1 aliphatic heterocycles. The summed E-state index contributed by atoms with van der Waals surface area (Å²) >= 11 is 0. The summed E-state index contributed by atoms with van der Waals surface area (Å²) in [6.07, 6.45) is 6.77. The van der Waals surface area contributed by atoms with E-state index in [2.05, 4.69) is 5.32 Å². The highest BCUT2D eigenvalue weighted by molar-refractivity contribution is 5.94. The van der Waals surface area contributed by atoms with Crippen LogP contribution in [0.15, 0.2) is 24.3 Å². The average Bonchev–Trinajstić information content (AvgIpc) is 2.78. The number of hydrogen-bond acceptors (Lipinski definition) is 5. The Labute approximate surface area is 178 Å². The van der Waals surface area contributed by atoms with Gasteiger partial charge in [0.05, 0.1) is 6.61 Å². The van der Waals surface area contributed by atoms with Crippen LogP contribution in [-0.2, 0) is 9.53 Å². The molecular weight excluding hydrogens is 384 g/mol. The molecule has 0 aromatic heterocycles. The van der Waals surface area contributed by atoms with E-state index in [1.165, 1.54) is 19.3 Å². The quantitative estimate of drug-likeness (QED) is 0.564. The molecule has 2 aliphatic rings. The lowest BCUT2D eigenvalue weighted by Crippen LogP contribution is -2.44. The maximum atomic E-state index is 12.7. The first-order chi connectivity index (χ1) is 14.6. The van der Waals surface area contributed by atoms with E-state index in [0.717, 1.165) is 38.8 Å². The second-order valence-electron chi connectivity index (χ2n) is 8.12. The average molecular weight is 417 g/mol. The van der Waals surface area contributed by atoms with Crippen LogP contribution in [0.4, 0.5) is 4.79 Å². The van der Waals surface area contributed by atoms with Crippen molar-refractivity contribution in [2.24, 2.45) is 11.8 Å². The van der Waals surface area contributed by atoms with Crippen LogP contribution in [0.5, 0.6) is 5.75 Å². The van der Waals surface area contributed by atoms with Gasteiger partial charge in [0.15, 0.2) is 0 Å². The molecule has 2 fully saturated rings. The largest absolute Gasteiger partial charge is 0.513 e. The van der Waals surface area contributed by atoms with Crippen molar-refractivity contribution in [2.75, 3.05) is 26.2 Å². The van der Waals surface area contributed by atoms with Gasteiger partial charge in [-0.1, -0.05) is 19.3 Å². The zero-order valence-corrected chi connectivity index (χ0v) is 17.7. The molecule has 0 unspecified atom stereocenters. The van der Waals surface area contributed by atoms with Gasteiger partial charge in [-0.15, -0.1) is 0 Å². The maximum Gasteiger partial charge on any atom is 0.513 e. The fourth-order valence-electron chi connectivity index (χ4n) is 4.22. The van der Waals surface area contributed by atoms with E-state index in [4.69, 9.17) is 9.47 Å². The van der Waals surface area contributed by atoms with Gasteiger partial charge in [0.25, 0.3) is 5.91 Å². The van der Waals surface area contributed by atoms with Gasteiger partial charge in [-0.3, -0.25) is 9.59 Å². The molecule has 7 heteroatoms. The molecule has 1 aromatic carbocycles. The van der Waals surface area contributed by atoms with Crippen molar-refractivity contribution >= 4 is 18.0 Å². The minimum Gasteiger partial charge on any atom is -0.434 e. The summed E-state index contributed by atoms with van der Waals surface area (Å²) in [7, 11) is 0. The predicted molar refractivity (Wildman–Crippen MR) is 112 cm³/mol. The number of nitrogens with zero attached hydrogens (tertiary/aromatic N) is 1. The number of carbonyl (C=O) groups excluding carboxylic acids is 3. The van der Waals surface area contributed by atoms with E-state index < -0.39 is 6.16 Å². The molecule has 2 amide bonds. The molecular formula is C23H32N2O5. The van der Waals surface area contributed by atoms with Crippen molar-refractivity contribution in [1.82, 2.24) is 10.2 Å². The van der Waals surface area contributed by atoms with Crippen LogP contribution >= 0.6 is 0 Å². The van der Waals surface area contributed by atoms with Gasteiger partial charge in [0.1, 0.15) is 5.75 Å². The summed E-state index contributed by atoms with van der Waals surface area (Å²) < 4.78 is 9.71. The molecule has 1 N–H and O–H groups in total. The Morgan fingerprint density at radius 3 is 2.30 bits per heavy atom. The number of hydrogen-bond donors (Lipinski definition) is 1. The van der Waals surface area contributed by atoms with Crippen molar-refractivity contribution < 1.29 is 23.9 Å². The highest BCUT2D eigenvalue weighted by atomic mass is 16.7. The zero-order valence-electron chi connectivity index (χ0n) is 17.7. The van der Waals surface area contributed by atoms with Crippen LogP contribution < -0.4 is 10.1 Å². The highest BCUT2D eigenvalue weighted by Crippen LogP contribution is 2.27. The molecule has 30 heavy (non-hydrogen) atoms. The lowest BCUT2D eigenvalue weighted by molar-refractivity contribution is -0.138. The van der Waals surface area contributed by atoms with Gasteiger partial charge in [-0.05, 0) is 62.8 Å². The number of piperidine rings is 1. The Morgan fingerprint density at radius 2 is 1.67 bits per heavy atom. The fraction of sp³-hybridized carbons (Fsp3) is 0.609. The first-order valence-corrected chi connectivity index (χ1v) is 11.1. The number of benzene rings is 1. The number of carbonyl (C=O) groups is 3. The molecule has 1 saturated heterocycles. The summed E-state index contributed by atoms with van der Waals surface area (Å²) in [6.45, 7) is 4.12. The Bertz CT molecular complexity index is 720. The first-order valence-electron chi connectivity index (χ1n) is 11.1. The van der Waals surface area contributed by atoms with Gasteiger partial charge in [0.2, 0.25) is 5.91 Å². The minimum absolute atomic E-state index is 0.154. The molecule has 0 atom stereocenters. The van der Waals surface area contributed by atoms with E-state index in [0.29, 0.717) is 29.7 Å². The molecule has 1 aromatic rings. The third-order valence-electron chi connectivity index (χ3n) is 6.01. The lowest BCUT2D eigenvalue weighted by Gasteiger charge is -2.35. The topological polar surface area (TPSA) is 84.9 Å². The lowest BCUT2D eigenvalue weighted by atomic mass is 9.87. The van der Waals surface area contributed by atoms with Crippen molar-refractivity contribution in [3.05, 3.63) is 29.8 Å². The summed E-state index contributed by atoms with van der Waals surface area (Å²) in [6, 6.07) is 6.38. The van der Waals surface area contributed by atoms with Crippen LogP contribution in [-0.4, -0.2) is 49.1 Å². The van der Waals surface area contributed by atoms with Crippen LogP contribution in [0, 0.1) is 11.8 Å². The molecule has 1 aliphatic carbocycles. The molecule has 164 valence electrons. The second-order valence-corrected chi connectivity index (χ2v) is 8.12. The Hall–Kier alpha value is -2.57. The summed E-state index contributed by atoms with van der Waals surface area (Å²) in [5.74, 6) is 1.13.